The van der Waals surface area contributed by atoms with E-state index in [1.165, 1.54) is 65.1 Å². The molecule has 0 aromatic heterocycles. The van der Waals surface area contributed by atoms with Crippen molar-refractivity contribution in [1.29, 1.82) is 0 Å². The van der Waals surface area contributed by atoms with Crippen LogP contribution in [0.4, 0.5) is 0 Å². The van der Waals surface area contributed by atoms with E-state index < -0.39 is 0 Å². The molecule has 110 valence electrons. The van der Waals surface area contributed by atoms with Gasteiger partial charge in [0.05, 0.1) is 0 Å². The van der Waals surface area contributed by atoms with Crippen LogP contribution in [0.2, 0.25) is 0 Å². The summed E-state index contributed by atoms with van der Waals surface area (Å²) < 4.78 is 0. The molecule has 19 heavy (non-hydrogen) atoms. The summed E-state index contributed by atoms with van der Waals surface area (Å²) in [5.41, 5.74) is 0.704. The quantitative estimate of drug-likeness (QED) is 0.770. The molecule has 0 aromatic carbocycles. The Labute approximate surface area is 118 Å². The first kappa shape index (κ1) is 13.8. The Hall–Kier alpha value is -0.120. The molecule has 0 N–H and O–H groups in total. The van der Waals surface area contributed by atoms with Crippen LogP contribution in [0.25, 0.3) is 0 Å². The summed E-state index contributed by atoms with van der Waals surface area (Å²) in [6.07, 6.45) is 4.29. The number of piperidine rings is 1. The van der Waals surface area contributed by atoms with Crippen LogP contribution < -0.4 is 0 Å². The first-order valence-corrected chi connectivity index (χ1v) is 8.21. The van der Waals surface area contributed by atoms with Gasteiger partial charge in [-0.15, -0.1) is 0 Å². The second kappa shape index (κ2) is 5.34. The van der Waals surface area contributed by atoms with Gasteiger partial charge < -0.3 is 14.7 Å². The molecule has 3 saturated heterocycles. The van der Waals surface area contributed by atoms with Crippen LogP contribution in [-0.2, 0) is 0 Å². The monoisotopic (exact) mass is 265 g/mol. The fraction of sp³-hybridized carbons (Fsp3) is 1.00. The second-order valence-electron chi connectivity index (χ2n) is 7.72. The maximum atomic E-state index is 2.73. The fourth-order valence-electron chi connectivity index (χ4n) is 4.40. The maximum absolute atomic E-state index is 2.73. The minimum absolute atomic E-state index is 0.704. The lowest BCUT2D eigenvalue weighted by molar-refractivity contribution is -0.0569. The highest BCUT2D eigenvalue weighted by molar-refractivity contribution is 4.99. The van der Waals surface area contributed by atoms with Gasteiger partial charge in [0.15, 0.2) is 0 Å². The average molecular weight is 265 g/mol. The molecule has 0 saturated carbocycles. The number of hydrogen-bond donors (Lipinski definition) is 0. The summed E-state index contributed by atoms with van der Waals surface area (Å²) in [4.78, 5) is 7.87. The third-order valence-electron chi connectivity index (χ3n) is 5.71. The van der Waals surface area contributed by atoms with Crippen molar-refractivity contribution in [3.63, 3.8) is 0 Å². The third-order valence-corrected chi connectivity index (χ3v) is 5.71. The molecule has 3 heteroatoms. The van der Waals surface area contributed by atoms with Gasteiger partial charge >= 0.3 is 0 Å². The van der Waals surface area contributed by atoms with Crippen molar-refractivity contribution in [2.75, 3.05) is 52.9 Å². The van der Waals surface area contributed by atoms with Crippen LogP contribution in [-0.4, -0.2) is 73.6 Å². The van der Waals surface area contributed by atoms with Crippen LogP contribution in [0.15, 0.2) is 0 Å². The van der Waals surface area contributed by atoms with Gasteiger partial charge in [-0.1, -0.05) is 0 Å². The first-order chi connectivity index (χ1) is 9.06. The fourth-order valence-corrected chi connectivity index (χ4v) is 4.40. The van der Waals surface area contributed by atoms with E-state index in [2.05, 4.69) is 35.6 Å². The van der Waals surface area contributed by atoms with Gasteiger partial charge in [0, 0.05) is 32.2 Å². The lowest BCUT2D eigenvalue weighted by Gasteiger charge is -2.55. The summed E-state index contributed by atoms with van der Waals surface area (Å²) in [6.45, 7) is 14.1. The van der Waals surface area contributed by atoms with Crippen LogP contribution in [0.3, 0.4) is 0 Å². The Morgan fingerprint density at radius 1 is 1.11 bits per heavy atom. The van der Waals surface area contributed by atoms with Gasteiger partial charge in [-0.25, -0.2) is 0 Å². The standard InChI is InChI=1S/C16H31N3/c1-14(2)19-8-5-16(6-9-19)12-18(13-16)11-15-4-7-17(3)10-15/h14-15H,4-13H2,1-3H3/t15-/m0/s1. The summed E-state index contributed by atoms with van der Waals surface area (Å²) in [5, 5.41) is 0. The van der Waals surface area contributed by atoms with Crippen LogP contribution in [0.5, 0.6) is 0 Å². The van der Waals surface area contributed by atoms with E-state index in [-0.39, 0.29) is 0 Å². The molecule has 0 unspecified atom stereocenters. The molecule has 3 aliphatic rings. The van der Waals surface area contributed by atoms with E-state index in [1.807, 2.05) is 0 Å². The van der Waals surface area contributed by atoms with E-state index in [4.69, 9.17) is 0 Å². The van der Waals surface area contributed by atoms with Crippen molar-refractivity contribution in [3.05, 3.63) is 0 Å². The molecule has 0 amide bonds. The molecule has 3 fully saturated rings. The highest BCUT2D eigenvalue weighted by atomic mass is 15.2. The van der Waals surface area contributed by atoms with Gasteiger partial charge in [-0.2, -0.15) is 0 Å². The summed E-state index contributed by atoms with van der Waals surface area (Å²) in [7, 11) is 2.26. The number of likely N-dealkylation sites (tertiary alicyclic amines) is 3. The second-order valence-corrected chi connectivity index (χ2v) is 7.72. The minimum atomic E-state index is 0.704. The topological polar surface area (TPSA) is 9.72 Å². The van der Waals surface area contributed by atoms with E-state index in [0.717, 1.165) is 12.0 Å². The van der Waals surface area contributed by atoms with Gasteiger partial charge in [0.2, 0.25) is 0 Å². The van der Waals surface area contributed by atoms with Gasteiger partial charge in [-0.05, 0) is 71.1 Å². The van der Waals surface area contributed by atoms with Crippen LogP contribution in [0, 0.1) is 11.3 Å². The predicted molar refractivity (Wildman–Crippen MR) is 80.4 cm³/mol. The Balaban J connectivity index is 1.40. The predicted octanol–water partition coefficient (Wildman–Crippen LogP) is 1.74. The Kier molecular flexibility index (Phi) is 3.89. The van der Waals surface area contributed by atoms with Crippen molar-refractivity contribution < 1.29 is 0 Å². The molecule has 0 bridgehead atoms. The average Bonchev–Trinajstić information content (AvgIpc) is 2.73. The molecule has 1 spiro atoms. The van der Waals surface area contributed by atoms with Crippen molar-refractivity contribution in [1.82, 2.24) is 14.7 Å². The van der Waals surface area contributed by atoms with E-state index in [1.54, 1.807) is 0 Å². The van der Waals surface area contributed by atoms with Crippen molar-refractivity contribution in [2.45, 2.75) is 39.2 Å². The van der Waals surface area contributed by atoms with Gasteiger partial charge in [0.25, 0.3) is 0 Å². The molecule has 3 heterocycles. The molecular weight excluding hydrogens is 234 g/mol. The number of nitrogens with zero attached hydrogens (tertiary/aromatic N) is 3. The normalized spacial score (nSPS) is 33.2. The Morgan fingerprint density at radius 2 is 1.79 bits per heavy atom. The van der Waals surface area contributed by atoms with E-state index in [0.29, 0.717) is 5.41 Å². The van der Waals surface area contributed by atoms with Gasteiger partial charge in [-0.3, -0.25) is 0 Å². The van der Waals surface area contributed by atoms with Crippen LogP contribution in [0.1, 0.15) is 33.1 Å². The maximum Gasteiger partial charge on any atom is 0.00516 e. The lowest BCUT2D eigenvalue weighted by atomic mass is 9.71. The number of rotatable bonds is 3. The number of hydrogen-bond acceptors (Lipinski definition) is 3. The smallest absolute Gasteiger partial charge is 0.00516 e. The lowest BCUT2D eigenvalue weighted by Crippen LogP contribution is -2.61. The zero-order valence-corrected chi connectivity index (χ0v) is 13.1. The largest absolute Gasteiger partial charge is 0.306 e. The summed E-state index contributed by atoms with van der Waals surface area (Å²) in [5.74, 6) is 0.943. The van der Waals surface area contributed by atoms with Crippen LogP contribution >= 0.6 is 0 Å². The molecular formula is C16H31N3. The first-order valence-electron chi connectivity index (χ1n) is 8.21. The molecule has 3 aliphatic heterocycles. The third kappa shape index (κ3) is 2.98. The Morgan fingerprint density at radius 3 is 2.32 bits per heavy atom. The molecule has 0 aliphatic carbocycles. The molecule has 0 radical (unpaired) electrons. The highest BCUT2D eigenvalue weighted by Crippen LogP contribution is 2.41. The van der Waals surface area contributed by atoms with E-state index >= 15 is 0 Å². The highest BCUT2D eigenvalue weighted by Gasteiger charge is 2.45. The van der Waals surface area contributed by atoms with Crippen molar-refractivity contribution in [2.24, 2.45) is 11.3 Å². The van der Waals surface area contributed by atoms with Crippen molar-refractivity contribution >= 4 is 0 Å². The molecule has 3 rings (SSSR count). The molecule has 1 atom stereocenters. The van der Waals surface area contributed by atoms with E-state index in [9.17, 15) is 0 Å². The molecule has 0 aromatic rings. The summed E-state index contributed by atoms with van der Waals surface area (Å²) >= 11 is 0. The molecule has 3 nitrogen and oxygen atoms in total. The van der Waals surface area contributed by atoms with Gasteiger partial charge in [0.1, 0.15) is 0 Å². The summed E-state index contributed by atoms with van der Waals surface area (Å²) in [6, 6.07) is 0.738. The zero-order chi connectivity index (χ0) is 13.5. The minimum Gasteiger partial charge on any atom is -0.306 e. The Bertz CT molecular complexity index is 299. The zero-order valence-electron chi connectivity index (χ0n) is 13.1. The van der Waals surface area contributed by atoms with Crippen molar-refractivity contribution in [3.8, 4) is 0 Å². The SMILES string of the molecule is CC(C)N1CCC2(CC1)CN(C[C@H]1CCN(C)C1)C2.